The van der Waals surface area contributed by atoms with E-state index in [1.807, 2.05) is 6.07 Å². The molecule has 1 aliphatic heterocycles. The number of nitrogens with zero attached hydrogens (tertiary/aromatic N) is 3. The number of imide groups is 2. The normalized spacial score (nSPS) is 14.0. The topological polar surface area (TPSA) is 111 Å². The second-order valence-electron chi connectivity index (χ2n) is 4.62. The van der Waals surface area contributed by atoms with Crippen LogP contribution < -0.4 is 5.32 Å². The zero-order valence-corrected chi connectivity index (χ0v) is 12.0. The minimum atomic E-state index is -1.06. The van der Waals surface area contributed by atoms with E-state index in [1.165, 1.54) is 12.1 Å². The van der Waals surface area contributed by atoms with Gasteiger partial charge in [-0.3, -0.25) is 19.3 Å². The summed E-state index contributed by atoms with van der Waals surface area (Å²) in [5, 5.41) is 11.3. The molecule has 1 aromatic carbocycles. The summed E-state index contributed by atoms with van der Waals surface area (Å²) in [4.78, 5) is 48.5. The molecule has 1 N–H and O–H groups in total. The number of rotatable bonds is 5. The highest BCUT2D eigenvalue weighted by Gasteiger charge is 2.44. The van der Waals surface area contributed by atoms with Gasteiger partial charge < -0.3 is 5.32 Å². The fraction of sp³-hybridized carbons (Fsp3) is 0.133. The number of anilines is 1. The first-order valence-electron chi connectivity index (χ1n) is 6.56. The van der Waals surface area contributed by atoms with Crippen LogP contribution in [0.3, 0.4) is 0 Å². The van der Waals surface area contributed by atoms with Gasteiger partial charge in [-0.25, -0.2) is 9.69 Å². The molecular formula is C15H12N4O4. The van der Waals surface area contributed by atoms with E-state index in [0.717, 1.165) is 0 Å². The van der Waals surface area contributed by atoms with Crippen molar-refractivity contribution in [3.63, 3.8) is 0 Å². The second kappa shape index (κ2) is 6.53. The van der Waals surface area contributed by atoms with E-state index in [9.17, 15) is 19.2 Å². The molecular weight excluding hydrogens is 300 g/mol. The largest absolute Gasteiger partial charge is 0.335 e. The van der Waals surface area contributed by atoms with Crippen LogP contribution >= 0.6 is 0 Å². The van der Waals surface area contributed by atoms with Crippen molar-refractivity contribution < 1.29 is 19.2 Å². The molecule has 8 nitrogen and oxygen atoms in total. The van der Waals surface area contributed by atoms with Crippen LogP contribution in [0.1, 0.15) is 5.56 Å². The molecule has 0 spiro atoms. The molecule has 1 aromatic rings. The van der Waals surface area contributed by atoms with Crippen molar-refractivity contribution in [1.82, 2.24) is 9.80 Å². The van der Waals surface area contributed by atoms with Crippen molar-refractivity contribution in [1.29, 1.82) is 5.26 Å². The fourth-order valence-electron chi connectivity index (χ4n) is 1.99. The minimum Gasteiger partial charge on any atom is -0.324 e. The SMILES string of the molecule is C=CCN1C(=O)C(=O)N(CC(=O)Nc2cccc(C#N)c2)C1=O. The van der Waals surface area contributed by atoms with Crippen LogP contribution in [0.4, 0.5) is 10.5 Å². The highest BCUT2D eigenvalue weighted by molar-refractivity contribution is 6.45. The van der Waals surface area contributed by atoms with Gasteiger partial charge in [0.15, 0.2) is 0 Å². The van der Waals surface area contributed by atoms with E-state index in [4.69, 9.17) is 5.26 Å². The molecule has 0 bridgehead atoms. The Hall–Kier alpha value is -3.47. The summed E-state index contributed by atoms with van der Waals surface area (Å²) in [6, 6.07) is 7.21. The van der Waals surface area contributed by atoms with Gasteiger partial charge in [0, 0.05) is 12.2 Å². The summed E-state index contributed by atoms with van der Waals surface area (Å²) in [6.07, 6.45) is 1.31. The molecule has 1 saturated heterocycles. The lowest BCUT2D eigenvalue weighted by molar-refractivity contribution is -0.143. The maximum atomic E-state index is 11.9. The third-order valence-corrected chi connectivity index (χ3v) is 3.02. The number of carbonyl (C=O) groups is 4. The van der Waals surface area contributed by atoms with Gasteiger partial charge in [0.1, 0.15) is 6.54 Å². The van der Waals surface area contributed by atoms with E-state index in [2.05, 4.69) is 11.9 Å². The maximum Gasteiger partial charge on any atom is 0.335 e. The third kappa shape index (κ3) is 3.24. The number of nitrogens with one attached hydrogen (secondary N) is 1. The number of carbonyl (C=O) groups excluding carboxylic acids is 4. The van der Waals surface area contributed by atoms with Crippen LogP contribution in [0.5, 0.6) is 0 Å². The summed E-state index contributed by atoms with van der Waals surface area (Å²) in [7, 11) is 0. The van der Waals surface area contributed by atoms with Crippen LogP contribution in [-0.2, 0) is 14.4 Å². The zero-order valence-electron chi connectivity index (χ0n) is 12.0. The Balaban J connectivity index is 2.06. The van der Waals surface area contributed by atoms with Crippen molar-refractivity contribution in [2.24, 2.45) is 0 Å². The highest BCUT2D eigenvalue weighted by Crippen LogP contribution is 2.13. The molecule has 5 amide bonds. The Bertz CT molecular complexity index is 750. The Morgan fingerprint density at radius 1 is 1.26 bits per heavy atom. The lowest BCUT2D eigenvalue weighted by atomic mass is 10.2. The van der Waals surface area contributed by atoms with E-state index >= 15 is 0 Å². The molecule has 0 unspecified atom stereocenters. The summed E-state index contributed by atoms with van der Waals surface area (Å²) in [5.41, 5.74) is 0.700. The molecule has 2 rings (SSSR count). The van der Waals surface area contributed by atoms with Gasteiger partial charge in [-0.05, 0) is 18.2 Å². The molecule has 8 heteroatoms. The summed E-state index contributed by atoms with van der Waals surface area (Å²) in [6.45, 7) is 2.70. The van der Waals surface area contributed by atoms with Gasteiger partial charge in [-0.15, -0.1) is 6.58 Å². The molecule has 1 aliphatic rings. The van der Waals surface area contributed by atoms with E-state index in [-0.39, 0.29) is 6.54 Å². The number of hydrogen-bond donors (Lipinski definition) is 1. The minimum absolute atomic E-state index is 0.105. The number of benzene rings is 1. The van der Waals surface area contributed by atoms with E-state index in [0.29, 0.717) is 21.1 Å². The van der Waals surface area contributed by atoms with Gasteiger partial charge in [0.25, 0.3) is 0 Å². The number of urea groups is 1. The van der Waals surface area contributed by atoms with Crippen molar-refractivity contribution >= 4 is 29.4 Å². The van der Waals surface area contributed by atoms with Gasteiger partial charge >= 0.3 is 17.8 Å². The Kier molecular flexibility index (Phi) is 4.52. The summed E-state index contributed by atoms with van der Waals surface area (Å²) >= 11 is 0. The molecule has 0 aromatic heterocycles. The maximum absolute atomic E-state index is 11.9. The van der Waals surface area contributed by atoms with Gasteiger partial charge in [0.2, 0.25) is 5.91 Å². The predicted molar refractivity (Wildman–Crippen MR) is 78.8 cm³/mol. The fourth-order valence-corrected chi connectivity index (χ4v) is 1.99. The standard InChI is InChI=1S/C15H12N4O4/c1-2-6-18-13(21)14(22)19(15(18)23)9-12(20)17-11-5-3-4-10(7-11)8-16/h2-5,7H,1,6,9H2,(H,17,20). The predicted octanol–water partition coefficient (Wildman–Crippen LogP) is 0.474. The Labute approximate surface area is 131 Å². The molecule has 0 aliphatic carbocycles. The first-order valence-corrected chi connectivity index (χ1v) is 6.56. The highest BCUT2D eigenvalue weighted by atomic mass is 16.2. The Morgan fingerprint density at radius 3 is 2.61 bits per heavy atom. The van der Waals surface area contributed by atoms with Crippen LogP contribution in [0, 0.1) is 11.3 Å². The molecule has 116 valence electrons. The molecule has 1 heterocycles. The van der Waals surface area contributed by atoms with Gasteiger partial charge in [-0.1, -0.05) is 12.1 Å². The van der Waals surface area contributed by atoms with Crippen molar-refractivity contribution in [2.75, 3.05) is 18.4 Å². The van der Waals surface area contributed by atoms with Crippen molar-refractivity contribution in [3.05, 3.63) is 42.5 Å². The first kappa shape index (κ1) is 15.9. The van der Waals surface area contributed by atoms with Crippen LogP contribution in [0.15, 0.2) is 36.9 Å². The van der Waals surface area contributed by atoms with Crippen LogP contribution in [0.25, 0.3) is 0 Å². The quantitative estimate of drug-likeness (QED) is 0.483. The first-order chi connectivity index (χ1) is 11.0. The number of nitriles is 1. The van der Waals surface area contributed by atoms with Crippen molar-refractivity contribution in [2.45, 2.75) is 0 Å². The van der Waals surface area contributed by atoms with Crippen LogP contribution in [0.2, 0.25) is 0 Å². The number of amides is 5. The number of hydrogen-bond acceptors (Lipinski definition) is 5. The van der Waals surface area contributed by atoms with Gasteiger partial charge in [0.05, 0.1) is 11.6 Å². The van der Waals surface area contributed by atoms with Gasteiger partial charge in [-0.2, -0.15) is 5.26 Å². The summed E-state index contributed by atoms with van der Waals surface area (Å²) in [5.74, 6) is -2.71. The van der Waals surface area contributed by atoms with Crippen LogP contribution in [-0.4, -0.2) is 46.6 Å². The average molecular weight is 312 g/mol. The molecule has 1 fully saturated rings. The van der Waals surface area contributed by atoms with E-state index < -0.39 is 30.3 Å². The lowest BCUT2D eigenvalue weighted by Gasteiger charge is -2.14. The lowest BCUT2D eigenvalue weighted by Crippen LogP contribution is -2.39. The monoisotopic (exact) mass is 312 g/mol. The molecule has 23 heavy (non-hydrogen) atoms. The molecule has 0 radical (unpaired) electrons. The average Bonchev–Trinajstić information content (AvgIpc) is 2.73. The Morgan fingerprint density at radius 2 is 1.96 bits per heavy atom. The third-order valence-electron chi connectivity index (χ3n) is 3.02. The molecule has 0 atom stereocenters. The molecule has 0 saturated carbocycles. The zero-order chi connectivity index (χ0) is 17.0. The smallest absolute Gasteiger partial charge is 0.324 e. The van der Waals surface area contributed by atoms with E-state index in [1.54, 1.807) is 18.2 Å². The van der Waals surface area contributed by atoms with Crippen molar-refractivity contribution in [3.8, 4) is 6.07 Å². The second-order valence-corrected chi connectivity index (χ2v) is 4.62. The summed E-state index contributed by atoms with van der Waals surface area (Å²) < 4.78 is 0.